The van der Waals surface area contributed by atoms with Crippen molar-refractivity contribution in [3.63, 3.8) is 0 Å². The van der Waals surface area contributed by atoms with Crippen LogP contribution < -0.4 is 10.4 Å². The number of hydrogen-bond donors (Lipinski definition) is 1. The van der Waals surface area contributed by atoms with Crippen LogP contribution in [0.2, 0.25) is 0 Å². The molecular formula is C24H25FN4O3. The molecule has 1 N–H and O–H groups in total. The topological polar surface area (TPSA) is 80.2 Å². The van der Waals surface area contributed by atoms with Crippen molar-refractivity contribution in [3.8, 4) is 28.3 Å². The summed E-state index contributed by atoms with van der Waals surface area (Å²) < 4.78 is 21.7. The number of aromatic amines is 1. The highest BCUT2D eigenvalue weighted by molar-refractivity contribution is 5.81. The third kappa shape index (κ3) is 3.92. The SMILES string of the molecule is COc1ccc(-c2ccc(-c3n[nH]c(=O)n3C[C@@H]3CCN(C(=O)C4CC4)C3)c(F)c2)cc1. The molecule has 1 saturated carbocycles. The number of rotatable bonds is 6. The summed E-state index contributed by atoms with van der Waals surface area (Å²) in [6.45, 7) is 1.75. The van der Waals surface area contributed by atoms with Gasteiger partial charge < -0.3 is 9.64 Å². The molecule has 2 heterocycles. The first kappa shape index (κ1) is 20.5. The van der Waals surface area contributed by atoms with E-state index in [4.69, 9.17) is 4.74 Å². The van der Waals surface area contributed by atoms with Gasteiger partial charge in [0.25, 0.3) is 0 Å². The first-order valence-corrected chi connectivity index (χ1v) is 10.9. The van der Waals surface area contributed by atoms with E-state index in [2.05, 4.69) is 10.2 Å². The molecular weight excluding hydrogens is 411 g/mol. The van der Waals surface area contributed by atoms with Gasteiger partial charge in [-0.2, -0.15) is 5.10 Å². The van der Waals surface area contributed by atoms with Crippen LogP contribution in [0.15, 0.2) is 47.3 Å². The molecule has 2 aromatic carbocycles. The molecule has 0 spiro atoms. The minimum absolute atomic E-state index is 0.147. The number of benzene rings is 2. The van der Waals surface area contributed by atoms with Crippen LogP contribution in [-0.2, 0) is 11.3 Å². The molecule has 32 heavy (non-hydrogen) atoms. The lowest BCUT2D eigenvalue weighted by molar-refractivity contribution is -0.131. The maximum Gasteiger partial charge on any atom is 0.343 e. The van der Waals surface area contributed by atoms with Crippen LogP contribution in [0.1, 0.15) is 19.3 Å². The normalized spacial score (nSPS) is 18.2. The highest BCUT2D eigenvalue weighted by Gasteiger charge is 2.36. The third-order valence-electron chi connectivity index (χ3n) is 6.36. The Labute approximate surface area is 184 Å². The fourth-order valence-corrected chi connectivity index (χ4v) is 4.38. The molecule has 1 atom stereocenters. The number of aromatic nitrogens is 3. The molecule has 1 aromatic heterocycles. The average molecular weight is 436 g/mol. The third-order valence-corrected chi connectivity index (χ3v) is 6.36. The van der Waals surface area contributed by atoms with E-state index in [1.165, 1.54) is 10.6 Å². The molecule has 0 bridgehead atoms. The van der Waals surface area contributed by atoms with Crippen molar-refractivity contribution < 1.29 is 13.9 Å². The van der Waals surface area contributed by atoms with Gasteiger partial charge in [0.15, 0.2) is 5.82 Å². The standard InChI is InChI=1S/C24H25FN4O3/c1-32-19-7-4-16(5-8-19)18-6-9-20(21(25)12-18)22-26-27-24(31)29(22)14-15-10-11-28(13-15)23(30)17-2-3-17/h4-9,12,15,17H,2-3,10-11,13-14H2,1H3,(H,27,31)/t15-/m1/s1. The summed E-state index contributed by atoms with van der Waals surface area (Å²) in [5, 5.41) is 6.55. The Morgan fingerprint density at radius 3 is 2.59 bits per heavy atom. The van der Waals surface area contributed by atoms with Crippen LogP contribution in [0.25, 0.3) is 22.5 Å². The van der Waals surface area contributed by atoms with E-state index in [-0.39, 0.29) is 34.8 Å². The molecule has 3 aromatic rings. The largest absolute Gasteiger partial charge is 0.497 e. The number of ether oxygens (including phenoxy) is 1. The van der Waals surface area contributed by atoms with Crippen LogP contribution >= 0.6 is 0 Å². The fourth-order valence-electron chi connectivity index (χ4n) is 4.38. The number of likely N-dealkylation sites (tertiary alicyclic amines) is 1. The number of hydrogen-bond acceptors (Lipinski definition) is 4. The Bertz CT molecular complexity index is 1200. The Hall–Kier alpha value is -3.42. The van der Waals surface area contributed by atoms with E-state index in [1.54, 1.807) is 13.2 Å². The predicted octanol–water partition coefficient (Wildman–Crippen LogP) is 3.31. The molecule has 5 rings (SSSR count). The molecule has 7 nitrogen and oxygen atoms in total. The molecule has 8 heteroatoms. The van der Waals surface area contributed by atoms with Gasteiger partial charge in [-0.15, -0.1) is 0 Å². The number of halogens is 1. The van der Waals surface area contributed by atoms with Crippen LogP contribution in [0, 0.1) is 17.7 Å². The highest BCUT2D eigenvalue weighted by atomic mass is 19.1. The van der Waals surface area contributed by atoms with Crippen molar-refractivity contribution in [2.75, 3.05) is 20.2 Å². The average Bonchev–Trinajstić information content (AvgIpc) is 3.46. The molecule has 1 amide bonds. The number of H-pyrrole nitrogens is 1. The van der Waals surface area contributed by atoms with E-state index in [0.29, 0.717) is 19.6 Å². The van der Waals surface area contributed by atoms with E-state index >= 15 is 4.39 Å². The zero-order valence-corrected chi connectivity index (χ0v) is 17.9. The summed E-state index contributed by atoms with van der Waals surface area (Å²) in [5.41, 5.74) is 1.49. The smallest absolute Gasteiger partial charge is 0.343 e. The van der Waals surface area contributed by atoms with Crippen molar-refractivity contribution >= 4 is 5.91 Å². The predicted molar refractivity (Wildman–Crippen MR) is 118 cm³/mol. The maximum atomic E-state index is 15.1. The van der Waals surface area contributed by atoms with Gasteiger partial charge in [0.2, 0.25) is 5.91 Å². The summed E-state index contributed by atoms with van der Waals surface area (Å²) in [6, 6.07) is 12.3. The van der Waals surface area contributed by atoms with Crippen molar-refractivity contribution in [1.29, 1.82) is 0 Å². The lowest BCUT2D eigenvalue weighted by Crippen LogP contribution is -2.31. The second-order valence-electron chi connectivity index (χ2n) is 8.60. The number of methoxy groups -OCH3 is 1. The van der Waals surface area contributed by atoms with Gasteiger partial charge in [-0.25, -0.2) is 14.3 Å². The zero-order valence-electron chi connectivity index (χ0n) is 17.9. The van der Waals surface area contributed by atoms with E-state index in [1.807, 2.05) is 35.2 Å². The number of nitrogens with one attached hydrogen (secondary N) is 1. The zero-order chi connectivity index (χ0) is 22.2. The second-order valence-corrected chi connectivity index (χ2v) is 8.60. The summed E-state index contributed by atoms with van der Waals surface area (Å²) in [4.78, 5) is 26.6. The highest BCUT2D eigenvalue weighted by Crippen LogP contribution is 2.33. The minimum Gasteiger partial charge on any atom is -0.497 e. The lowest BCUT2D eigenvalue weighted by atomic mass is 10.0. The molecule has 2 aliphatic rings. The van der Waals surface area contributed by atoms with Crippen molar-refractivity contribution in [3.05, 3.63) is 58.8 Å². The second kappa shape index (κ2) is 8.26. The summed E-state index contributed by atoms with van der Waals surface area (Å²) >= 11 is 0. The molecule has 2 fully saturated rings. The summed E-state index contributed by atoms with van der Waals surface area (Å²) in [6.07, 6.45) is 2.79. The van der Waals surface area contributed by atoms with Gasteiger partial charge in [-0.3, -0.25) is 9.36 Å². The summed E-state index contributed by atoms with van der Waals surface area (Å²) in [5.74, 6) is 1.13. The number of nitrogens with zero attached hydrogens (tertiary/aromatic N) is 3. The van der Waals surface area contributed by atoms with Crippen LogP contribution in [0.4, 0.5) is 4.39 Å². The molecule has 166 valence electrons. The van der Waals surface area contributed by atoms with Gasteiger partial charge in [0, 0.05) is 25.6 Å². The maximum absolute atomic E-state index is 15.1. The quantitative estimate of drug-likeness (QED) is 0.643. The van der Waals surface area contributed by atoms with E-state index in [0.717, 1.165) is 36.1 Å². The van der Waals surface area contributed by atoms with Crippen molar-refractivity contribution in [2.45, 2.75) is 25.8 Å². The summed E-state index contributed by atoms with van der Waals surface area (Å²) in [7, 11) is 1.60. The van der Waals surface area contributed by atoms with Crippen molar-refractivity contribution in [2.24, 2.45) is 11.8 Å². The van der Waals surface area contributed by atoms with Crippen molar-refractivity contribution in [1.82, 2.24) is 19.7 Å². The Balaban J connectivity index is 1.36. The number of carbonyl (C=O) groups is 1. The minimum atomic E-state index is -0.449. The van der Waals surface area contributed by atoms with E-state index in [9.17, 15) is 9.59 Å². The monoisotopic (exact) mass is 436 g/mol. The van der Waals surface area contributed by atoms with Gasteiger partial charge in [-0.05, 0) is 60.6 Å². The molecule has 1 saturated heterocycles. The van der Waals surface area contributed by atoms with Crippen LogP contribution in [-0.4, -0.2) is 45.8 Å². The van der Waals surface area contributed by atoms with Gasteiger partial charge in [0.1, 0.15) is 11.6 Å². The molecule has 0 unspecified atom stereocenters. The number of carbonyl (C=O) groups excluding carboxylic acids is 1. The van der Waals surface area contributed by atoms with Crippen LogP contribution in [0.5, 0.6) is 5.75 Å². The Morgan fingerprint density at radius 1 is 1.16 bits per heavy atom. The Kier molecular flexibility index (Phi) is 5.28. The van der Waals surface area contributed by atoms with Gasteiger partial charge in [0.05, 0.1) is 12.7 Å². The lowest BCUT2D eigenvalue weighted by Gasteiger charge is -2.16. The van der Waals surface area contributed by atoms with Gasteiger partial charge >= 0.3 is 5.69 Å². The fraction of sp³-hybridized carbons (Fsp3) is 0.375. The van der Waals surface area contributed by atoms with Crippen LogP contribution in [0.3, 0.4) is 0 Å². The molecule has 1 aliphatic heterocycles. The van der Waals surface area contributed by atoms with E-state index < -0.39 is 5.82 Å². The first-order valence-electron chi connectivity index (χ1n) is 10.9. The molecule has 1 aliphatic carbocycles. The first-order chi connectivity index (χ1) is 15.5. The Morgan fingerprint density at radius 2 is 1.91 bits per heavy atom. The van der Waals surface area contributed by atoms with Gasteiger partial charge in [-0.1, -0.05) is 18.2 Å². The molecule has 0 radical (unpaired) electrons. The number of amides is 1.